The lowest BCUT2D eigenvalue weighted by Crippen LogP contribution is -2.58. The molecule has 3 saturated carbocycles. The average molecular weight is 209 g/mol. The molecule has 0 aliphatic heterocycles. The average Bonchev–Trinajstić information content (AvgIpc) is 2.14. The molecule has 2 unspecified atom stereocenters. The number of carbonyl (C=O) groups is 1. The first-order valence-electron chi connectivity index (χ1n) is 5.44. The highest BCUT2D eigenvalue weighted by Gasteiger charge is 2.59. The fourth-order valence-corrected chi connectivity index (χ4v) is 3.90. The SMILES string of the molecule is N[C@H](C(=O)O)C12CC(O)=C3C(CC3C1)C2. The van der Waals surface area contributed by atoms with E-state index in [0.717, 1.165) is 19.3 Å². The number of hydrogen-bond acceptors (Lipinski definition) is 3. The molecular weight excluding hydrogens is 194 g/mol. The summed E-state index contributed by atoms with van der Waals surface area (Å²) < 4.78 is 0. The second-order valence-electron chi connectivity index (χ2n) is 5.29. The Balaban J connectivity index is 1.97. The Morgan fingerprint density at radius 2 is 2.07 bits per heavy atom. The van der Waals surface area contributed by atoms with E-state index in [1.165, 1.54) is 5.57 Å². The van der Waals surface area contributed by atoms with Crippen LogP contribution in [-0.4, -0.2) is 22.2 Å². The van der Waals surface area contributed by atoms with Gasteiger partial charge in [0.05, 0.1) is 5.76 Å². The van der Waals surface area contributed by atoms with Crippen LogP contribution in [0.2, 0.25) is 0 Å². The summed E-state index contributed by atoms with van der Waals surface area (Å²) in [6.07, 6.45) is 3.31. The van der Waals surface area contributed by atoms with E-state index < -0.39 is 12.0 Å². The van der Waals surface area contributed by atoms with Gasteiger partial charge in [-0.15, -0.1) is 0 Å². The first-order chi connectivity index (χ1) is 7.03. The van der Waals surface area contributed by atoms with Gasteiger partial charge in [-0.05, 0) is 36.7 Å². The molecule has 4 heteroatoms. The number of carboxylic acids is 1. The number of aliphatic carboxylic acids is 1. The van der Waals surface area contributed by atoms with Crippen molar-refractivity contribution < 1.29 is 15.0 Å². The highest BCUT2D eigenvalue weighted by molar-refractivity contribution is 5.74. The molecule has 15 heavy (non-hydrogen) atoms. The Morgan fingerprint density at radius 3 is 2.53 bits per heavy atom. The van der Waals surface area contributed by atoms with Crippen LogP contribution < -0.4 is 5.73 Å². The Kier molecular flexibility index (Phi) is 1.57. The predicted octanol–water partition coefficient (Wildman–Crippen LogP) is 1.03. The van der Waals surface area contributed by atoms with Crippen LogP contribution in [0.1, 0.15) is 25.7 Å². The number of aliphatic hydroxyl groups excluding tert-OH is 1. The van der Waals surface area contributed by atoms with Crippen molar-refractivity contribution in [1.82, 2.24) is 0 Å². The standard InChI is InChI=1S/C11H15NO3/c12-9(10(14)15)11-2-5-1-6(3-11)8(5)7(13)4-11/h5-6,9,13H,1-4,12H2,(H,14,15)/t5?,6?,9-,11?/m1/s1. The minimum Gasteiger partial charge on any atom is -0.512 e. The van der Waals surface area contributed by atoms with Crippen LogP contribution in [0.3, 0.4) is 0 Å². The van der Waals surface area contributed by atoms with Gasteiger partial charge in [0.2, 0.25) is 0 Å². The molecule has 0 saturated heterocycles. The second-order valence-corrected chi connectivity index (χ2v) is 5.29. The molecule has 3 atom stereocenters. The van der Waals surface area contributed by atoms with E-state index in [0.29, 0.717) is 24.0 Å². The van der Waals surface area contributed by atoms with E-state index in [2.05, 4.69) is 0 Å². The first-order valence-corrected chi connectivity index (χ1v) is 5.44. The summed E-state index contributed by atoms with van der Waals surface area (Å²) in [5.41, 5.74) is 6.61. The Morgan fingerprint density at radius 1 is 1.47 bits per heavy atom. The third-order valence-electron chi connectivity index (χ3n) is 4.53. The van der Waals surface area contributed by atoms with E-state index in [4.69, 9.17) is 10.8 Å². The maximum atomic E-state index is 11.0. The molecule has 0 aromatic rings. The fraction of sp³-hybridized carbons (Fsp3) is 0.727. The number of fused-ring (bicyclic) bond motifs is 1. The van der Waals surface area contributed by atoms with Crippen molar-refractivity contribution in [3.8, 4) is 0 Å². The van der Waals surface area contributed by atoms with Gasteiger partial charge in [-0.3, -0.25) is 4.79 Å². The van der Waals surface area contributed by atoms with Crippen molar-refractivity contribution in [2.75, 3.05) is 0 Å². The Bertz CT molecular complexity index is 360. The molecular formula is C11H15NO3. The maximum absolute atomic E-state index is 11.0. The molecule has 0 aromatic carbocycles. The quantitative estimate of drug-likeness (QED) is 0.634. The van der Waals surface area contributed by atoms with Gasteiger partial charge in [0, 0.05) is 11.8 Å². The highest BCUT2D eigenvalue weighted by atomic mass is 16.4. The summed E-state index contributed by atoms with van der Waals surface area (Å²) in [5, 5.41) is 18.8. The molecule has 5 rings (SSSR count). The Labute approximate surface area is 87.8 Å². The van der Waals surface area contributed by atoms with E-state index in [9.17, 15) is 9.90 Å². The summed E-state index contributed by atoms with van der Waals surface area (Å²) in [7, 11) is 0. The van der Waals surface area contributed by atoms with Crippen LogP contribution >= 0.6 is 0 Å². The zero-order chi connectivity index (χ0) is 10.8. The highest BCUT2D eigenvalue weighted by Crippen LogP contribution is 2.64. The van der Waals surface area contributed by atoms with Gasteiger partial charge >= 0.3 is 5.97 Å². The van der Waals surface area contributed by atoms with Gasteiger partial charge < -0.3 is 15.9 Å². The summed E-state index contributed by atoms with van der Waals surface area (Å²) in [6, 6.07) is -0.827. The minimum absolute atomic E-state index is 0.370. The molecule has 5 aliphatic carbocycles. The van der Waals surface area contributed by atoms with E-state index in [1.807, 2.05) is 0 Å². The summed E-state index contributed by atoms with van der Waals surface area (Å²) in [4.78, 5) is 11.0. The maximum Gasteiger partial charge on any atom is 0.321 e. The molecule has 82 valence electrons. The van der Waals surface area contributed by atoms with Crippen molar-refractivity contribution in [2.24, 2.45) is 23.0 Å². The third kappa shape index (κ3) is 0.977. The molecule has 0 heterocycles. The van der Waals surface area contributed by atoms with Crippen LogP contribution in [0.4, 0.5) is 0 Å². The van der Waals surface area contributed by atoms with Crippen molar-refractivity contribution in [2.45, 2.75) is 31.7 Å². The van der Waals surface area contributed by atoms with Crippen LogP contribution in [0.15, 0.2) is 11.3 Å². The zero-order valence-corrected chi connectivity index (χ0v) is 8.44. The number of hydrogen-bond donors (Lipinski definition) is 3. The molecule has 3 fully saturated rings. The lowest BCUT2D eigenvalue weighted by Gasteiger charge is -2.59. The van der Waals surface area contributed by atoms with E-state index >= 15 is 0 Å². The van der Waals surface area contributed by atoms with Crippen molar-refractivity contribution >= 4 is 5.97 Å². The van der Waals surface area contributed by atoms with Crippen molar-refractivity contribution in [1.29, 1.82) is 0 Å². The molecule has 0 amide bonds. The minimum atomic E-state index is -0.937. The number of aliphatic hydroxyl groups is 1. The first kappa shape index (κ1) is 9.21. The molecule has 4 N–H and O–H groups in total. The van der Waals surface area contributed by atoms with Gasteiger partial charge in [-0.1, -0.05) is 0 Å². The number of rotatable bonds is 2. The normalized spacial score (nSPS) is 43.8. The van der Waals surface area contributed by atoms with Crippen LogP contribution in [0, 0.1) is 17.3 Å². The lowest BCUT2D eigenvalue weighted by molar-refractivity contribution is -0.145. The smallest absolute Gasteiger partial charge is 0.321 e. The zero-order valence-electron chi connectivity index (χ0n) is 8.44. The molecule has 0 aromatic heterocycles. The predicted molar refractivity (Wildman–Crippen MR) is 53.1 cm³/mol. The van der Waals surface area contributed by atoms with Gasteiger partial charge in [-0.25, -0.2) is 0 Å². The van der Waals surface area contributed by atoms with Crippen LogP contribution in [0.5, 0.6) is 0 Å². The van der Waals surface area contributed by atoms with Crippen LogP contribution in [-0.2, 0) is 4.79 Å². The topological polar surface area (TPSA) is 83.6 Å². The lowest BCUT2D eigenvalue weighted by atomic mass is 9.45. The van der Waals surface area contributed by atoms with E-state index in [-0.39, 0.29) is 5.41 Å². The van der Waals surface area contributed by atoms with Crippen LogP contribution in [0.25, 0.3) is 0 Å². The number of nitrogens with two attached hydrogens (primary N) is 1. The van der Waals surface area contributed by atoms with Gasteiger partial charge in [-0.2, -0.15) is 0 Å². The molecule has 5 aliphatic rings. The second kappa shape index (κ2) is 2.55. The van der Waals surface area contributed by atoms with Gasteiger partial charge in [0.25, 0.3) is 0 Å². The van der Waals surface area contributed by atoms with Crippen molar-refractivity contribution in [3.63, 3.8) is 0 Å². The monoisotopic (exact) mass is 209 g/mol. The van der Waals surface area contributed by atoms with Gasteiger partial charge in [0.1, 0.15) is 6.04 Å². The Hall–Kier alpha value is -1.03. The number of carboxylic acid groups (broad SMARTS) is 1. The van der Waals surface area contributed by atoms with Crippen molar-refractivity contribution in [3.05, 3.63) is 11.3 Å². The summed E-state index contributed by atoms with van der Waals surface area (Å²) >= 11 is 0. The largest absolute Gasteiger partial charge is 0.512 e. The fourth-order valence-electron chi connectivity index (χ4n) is 3.90. The molecule has 4 nitrogen and oxygen atoms in total. The number of allylic oxidation sites excluding steroid dienone is 2. The third-order valence-corrected chi connectivity index (χ3v) is 4.53. The summed E-state index contributed by atoms with van der Waals surface area (Å²) in [6.45, 7) is 0. The van der Waals surface area contributed by atoms with E-state index in [1.54, 1.807) is 0 Å². The van der Waals surface area contributed by atoms with Gasteiger partial charge in [0.15, 0.2) is 0 Å². The summed E-state index contributed by atoms with van der Waals surface area (Å²) in [5.74, 6) is 0.337. The molecule has 4 bridgehead atoms. The molecule has 0 radical (unpaired) electrons. The molecule has 0 spiro atoms.